The summed E-state index contributed by atoms with van der Waals surface area (Å²) in [5.74, 6) is 0. The Morgan fingerprint density at radius 3 is 1.17 bits per heavy atom. The predicted octanol–water partition coefficient (Wildman–Crippen LogP) is 1.79. The fourth-order valence-electron chi connectivity index (χ4n) is 1.00. The Bertz CT molecular complexity index is 70.6. The molecular weight excluding hydrogens is 200 g/mol. The average molecular weight is 221 g/mol. The zero-order valence-corrected chi connectivity index (χ0v) is 9.54. The molecule has 0 aliphatic rings. The quantitative estimate of drug-likeness (QED) is 0.498. The van der Waals surface area contributed by atoms with Crippen molar-refractivity contribution in [1.29, 1.82) is 0 Å². The average Bonchev–Trinajstić information content (AvgIpc) is 2.07. The number of hydrogen-bond acceptors (Lipinski definition) is 2. The molecule has 0 rings (SSSR count). The van der Waals surface area contributed by atoms with Crippen LogP contribution in [0.5, 0.6) is 0 Å². The van der Waals surface area contributed by atoms with Crippen molar-refractivity contribution in [3.8, 4) is 0 Å². The monoisotopic (exact) mass is 220 g/mol. The number of rotatable bonds is 6. The van der Waals surface area contributed by atoms with Crippen LogP contribution >= 0.6 is 0 Å². The summed E-state index contributed by atoms with van der Waals surface area (Å²) >= 11 is 0. The van der Waals surface area contributed by atoms with E-state index < -0.39 is 0 Å². The van der Waals surface area contributed by atoms with E-state index >= 15 is 0 Å². The molecule has 78 valence electrons. The Morgan fingerprint density at radius 1 is 0.750 bits per heavy atom. The van der Waals surface area contributed by atoms with Gasteiger partial charge in [-0.15, -0.1) is 0 Å². The predicted molar refractivity (Wildman–Crippen MR) is 50.1 cm³/mol. The van der Waals surface area contributed by atoms with Crippen LogP contribution in [0, 0.1) is 6.67 Å². The van der Waals surface area contributed by atoms with Gasteiger partial charge in [0.15, 0.2) is 0 Å². The van der Waals surface area contributed by atoms with Crippen LogP contribution < -0.4 is 0 Å². The van der Waals surface area contributed by atoms with E-state index in [-0.39, 0.29) is 17.1 Å². The van der Waals surface area contributed by atoms with Crippen LogP contribution in [-0.2, 0) is 17.1 Å². The van der Waals surface area contributed by atoms with Crippen molar-refractivity contribution >= 4 is 0 Å². The molecule has 0 saturated carbocycles. The molecule has 0 aromatic heterocycles. The van der Waals surface area contributed by atoms with Crippen molar-refractivity contribution in [2.75, 3.05) is 26.2 Å². The van der Waals surface area contributed by atoms with Crippen molar-refractivity contribution < 1.29 is 17.1 Å². The van der Waals surface area contributed by atoms with Crippen LogP contribution in [0.3, 0.4) is 0 Å². The molecule has 2 nitrogen and oxygen atoms in total. The minimum absolute atomic E-state index is 0. The molecule has 0 aliphatic carbocycles. The molecule has 0 saturated heterocycles. The largest absolute Gasteiger partial charge is 1.00 e. The standard InChI is InChI=1S/C9H21N2.Cu/c1-5-10(6-2)9-11(7-3)8-4;/h9H,5-8H2,1-4H3;/q-1;+1. The van der Waals surface area contributed by atoms with E-state index in [0.717, 1.165) is 26.2 Å². The first-order valence-corrected chi connectivity index (χ1v) is 4.61. The summed E-state index contributed by atoms with van der Waals surface area (Å²) in [5, 5.41) is 0. The Labute approximate surface area is 87.8 Å². The second-order valence-electron chi connectivity index (χ2n) is 2.56. The van der Waals surface area contributed by atoms with E-state index in [1.54, 1.807) is 0 Å². The van der Waals surface area contributed by atoms with Gasteiger partial charge in [-0.1, -0.05) is 27.7 Å². The van der Waals surface area contributed by atoms with Gasteiger partial charge in [0.1, 0.15) is 0 Å². The van der Waals surface area contributed by atoms with Gasteiger partial charge in [0.25, 0.3) is 0 Å². The van der Waals surface area contributed by atoms with E-state index in [9.17, 15) is 0 Å². The third-order valence-electron chi connectivity index (χ3n) is 1.95. The van der Waals surface area contributed by atoms with E-state index in [2.05, 4.69) is 44.2 Å². The minimum atomic E-state index is 0. The van der Waals surface area contributed by atoms with E-state index in [1.165, 1.54) is 0 Å². The van der Waals surface area contributed by atoms with Gasteiger partial charge < -0.3 is 9.80 Å². The molecule has 0 amide bonds. The Hall–Kier alpha value is 0.439. The zero-order valence-electron chi connectivity index (χ0n) is 8.60. The molecule has 0 bridgehead atoms. The zero-order chi connectivity index (χ0) is 8.69. The van der Waals surface area contributed by atoms with Gasteiger partial charge >= 0.3 is 17.1 Å². The Morgan fingerprint density at radius 2 is 1.00 bits per heavy atom. The molecule has 0 aromatic carbocycles. The number of hydrogen-bond donors (Lipinski definition) is 0. The van der Waals surface area contributed by atoms with Gasteiger partial charge in [-0.05, 0) is 26.2 Å². The van der Waals surface area contributed by atoms with Crippen molar-refractivity contribution in [2.45, 2.75) is 27.7 Å². The molecule has 0 radical (unpaired) electrons. The summed E-state index contributed by atoms with van der Waals surface area (Å²) < 4.78 is 0. The summed E-state index contributed by atoms with van der Waals surface area (Å²) in [6.07, 6.45) is 0. The SMILES string of the molecule is CCN([CH-]N(CC)CC)CC.[Cu+]. The third-order valence-corrected chi connectivity index (χ3v) is 1.95. The van der Waals surface area contributed by atoms with Crippen LogP contribution in [0.4, 0.5) is 0 Å². The number of nitrogens with zero attached hydrogens (tertiary/aromatic N) is 2. The van der Waals surface area contributed by atoms with Crippen molar-refractivity contribution in [3.05, 3.63) is 6.67 Å². The maximum Gasteiger partial charge on any atom is 1.00 e. The van der Waals surface area contributed by atoms with Gasteiger partial charge in [0.05, 0.1) is 0 Å². The van der Waals surface area contributed by atoms with E-state index in [4.69, 9.17) is 0 Å². The Balaban J connectivity index is 0. The topological polar surface area (TPSA) is 6.48 Å². The molecule has 0 aliphatic heterocycles. The van der Waals surface area contributed by atoms with Gasteiger partial charge in [0, 0.05) is 0 Å². The van der Waals surface area contributed by atoms with E-state index in [1.807, 2.05) is 0 Å². The maximum absolute atomic E-state index is 2.31. The molecule has 12 heavy (non-hydrogen) atoms. The van der Waals surface area contributed by atoms with Crippen LogP contribution in [0.15, 0.2) is 0 Å². The third kappa shape index (κ3) is 6.01. The molecule has 0 heterocycles. The van der Waals surface area contributed by atoms with Gasteiger partial charge in [0.2, 0.25) is 0 Å². The second-order valence-corrected chi connectivity index (χ2v) is 2.56. The Kier molecular flexibility index (Phi) is 11.9. The molecule has 0 aromatic rings. The summed E-state index contributed by atoms with van der Waals surface area (Å²) in [5.41, 5.74) is 0. The first kappa shape index (κ1) is 14.9. The van der Waals surface area contributed by atoms with Crippen LogP contribution in [0.25, 0.3) is 0 Å². The summed E-state index contributed by atoms with van der Waals surface area (Å²) in [7, 11) is 0. The van der Waals surface area contributed by atoms with Crippen molar-refractivity contribution in [2.24, 2.45) is 0 Å². The van der Waals surface area contributed by atoms with Gasteiger partial charge in [-0.25, -0.2) is 6.67 Å². The van der Waals surface area contributed by atoms with Gasteiger partial charge in [-0.3, -0.25) is 0 Å². The first-order valence-electron chi connectivity index (χ1n) is 4.61. The summed E-state index contributed by atoms with van der Waals surface area (Å²) in [6, 6.07) is 0. The summed E-state index contributed by atoms with van der Waals surface area (Å²) in [4.78, 5) is 4.62. The molecule has 0 N–H and O–H groups in total. The van der Waals surface area contributed by atoms with Crippen LogP contribution in [-0.4, -0.2) is 36.0 Å². The molecule has 0 spiro atoms. The minimum Gasteiger partial charge on any atom is -0.443 e. The first-order chi connectivity index (χ1) is 5.28. The summed E-state index contributed by atoms with van der Waals surface area (Å²) in [6.45, 7) is 15.4. The van der Waals surface area contributed by atoms with Crippen molar-refractivity contribution in [3.63, 3.8) is 0 Å². The maximum atomic E-state index is 2.31. The molecule has 0 atom stereocenters. The fourth-order valence-corrected chi connectivity index (χ4v) is 1.00. The molecule has 3 heteroatoms. The second kappa shape index (κ2) is 9.53. The molecular formula is C9H21CuN2. The van der Waals surface area contributed by atoms with Gasteiger partial charge in [-0.2, -0.15) is 0 Å². The van der Waals surface area contributed by atoms with Crippen LogP contribution in [0.2, 0.25) is 0 Å². The fraction of sp³-hybridized carbons (Fsp3) is 0.889. The van der Waals surface area contributed by atoms with Crippen LogP contribution in [0.1, 0.15) is 27.7 Å². The normalized spacial score (nSPS) is 10.5. The molecule has 0 fully saturated rings. The van der Waals surface area contributed by atoms with E-state index in [0.29, 0.717) is 0 Å². The van der Waals surface area contributed by atoms with Crippen molar-refractivity contribution in [1.82, 2.24) is 9.80 Å². The molecule has 0 unspecified atom stereocenters. The smallest absolute Gasteiger partial charge is 0.443 e.